The minimum Gasteiger partial charge on any atom is -0.238 e. The molecular formula is C43H30N4. The standard InChI is InChI=1S/C43H30N4/c1-43(2)38-20-11-10-19-36(38)37-22-21-30(27-39(37)43)33-23-32(28-13-6-4-7-14-28)24-34(25-33)42-46-40(29-15-8-5-9-16-29)45-41(47-42)31-17-12-18-35(26-31)44-3/h4-27H,1-2H3. The van der Waals surface area contributed by atoms with Crippen LogP contribution in [-0.4, -0.2) is 15.0 Å². The van der Waals surface area contributed by atoms with Crippen LogP contribution in [0.5, 0.6) is 0 Å². The van der Waals surface area contributed by atoms with Gasteiger partial charge in [0.05, 0.1) is 6.57 Å². The molecule has 0 amide bonds. The Kier molecular flexibility index (Phi) is 6.82. The molecule has 8 rings (SSSR count). The highest BCUT2D eigenvalue weighted by molar-refractivity contribution is 5.86. The fraction of sp³-hybridized carbons (Fsp3) is 0.0698. The molecule has 0 fully saturated rings. The first-order chi connectivity index (χ1) is 23.0. The molecule has 7 aromatic rings. The van der Waals surface area contributed by atoms with Gasteiger partial charge in [0, 0.05) is 22.1 Å². The molecule has 1 aromatic heterocycles. The van der Waals surface area contributed by atoms with Crippen LogP contribution in [0.4, 0.5) is 5.69 Å². The normalized spacial score (nSPS) is 12.6. The number of fused-ring (bicyclic) bond motifs is 3. The average molecular weight is 603 g/mol. The molecular weight excluding hydrogens is 573 g/mol. The molecule has 0 bridgehead atoms. The molecule has 0 spiro atoms. The largest absolute Gasteiger partial charge is 0.238 e. The highest BCUT2D eigenvalue weighted by Crippen LogP contribution is 2.49. The van der Waals surface area contributed by atoms with Crippen molar-refractivity contribution >= 4 is 5.69 Å². The van der Waals surface area contributed by atoms with E-state index in [1.807, 2.05) is 54.6 Å². The van der Waals surface area contributed by atoms with Gasteiger partial charge in [0.15, 0.2) is 23.2 Å². The molecule has 0 unspecified atom stereocenters. The summed E-state index contributed by atoms with van der Waals surface area (Å²) in [7, 11) is 0. The van der Waals surface area contributed by atoms with Crippen LogP contribution in [0, 0.1) is 6.57 Å². The van der Waals surface area contributed by atoms with Gasteiger partial charge in [0.1, 0.15) is 0 Å². The van der Waals surface area contributed by atoms with Crippen molar-refractivity contribution < 1.29 is 0 Å². The van der Waals surface area contributed by atoms with Crippen molar-refractivity contribution in [1.82, 2.24) is 15.0 Å². The number of benzene rings is 6. The fourth-order valence-corrected chi connectivity index (χ4v) is 6.67. The monoisotopic (exact) mass is 602 g/mol. The maximum atomic E-state index is 7.55. The lowest BCUT2D eigenvalue weighted by atomic mass is 9.81. The van der Waals surface area contributed by atoms with E-state index in [0.29, 0.717) is 23.2 Å². The van der Waals surface area contributed by atoms with E-state index in [4.69, 9.17) is 21.5 Å². The van der Waals surface area contributed by atoms with Crippen LogP contribution in [0.25, 0.3) is 72.4 Å². The summed E-state index contributed by atoms with van der Waals surface area (Å²) in [5, 5.41) is 0. The molecule has 0 N–H and O–H groups in total. The predicted octanol–water partition coefficient (Wildman–Crippen LogP) is 11.1. The number of aromatic nitrogens is 3. The van der Waals surface area contributed by atoms with Gasteiger partial charge in [-0.2, -0.15) is 0 Å². The Morgan fingerprint density at radius 2 is 0.979 bits per heavy atom. The van der Waals surface area contributed by atoms with Gasteiger partial charge in [0.25, 0.3) is 0 Å². The minimum absolute atomic E-state index is 0.102. The Balaban J connectivity index is 1.33. The molecule has 4 nitrogen and oxygen atoms in total. The molecule has 4 heteroatoms. The summed E-state index contributed by atoms with van der Waals surface area (Å²) in [6.07, 6.45) is 0. The topological polar surface area (TPSA) is 43.0 Å². The van der Waals surface area contributed by atoms with Crippen LogP contribution >= 0.6 is 0 Å². The number of hydrogen-bond acceptors (Lipinski definition) is 3. The van der Waals surface area contributed by atoms with E-state index in [2.05, 4.69) is 104 Å². The summed E-state index contributed by atoms with van der Waals surface area (Å²) >= 11 is 0. The molecule has 0 radical (unpaired) electrons. The number of nitrogens with zero attached hydrogens (tertiary/aromatic N) is 4. The van der Waals surface area contributed by atoms with E-state index in [-0.39, 0.29) is 5.41 Å². The Morgan fingerprint density at radius 1 is 0.426 bits per heavy atom. The van der Waals surface area contributed by atoms with Crippen molar-refractivity contribution in [2.45, 2.75) is 19.3 Å². The van der Waals surface area contributed by atoms with Crippen molar-refractivity contribution in [1.29, 1.82) is 0 Å². The second kappa shape index (κ2) is 11.3. The lowest BCUT2D eigenvalue weighted by Gasteiger charge is -2.22. The quantitative estimate of drug-likeness (QED) is 0.184. The lowest BCUT2D eigenvalue weighted by Crippen LogP contribution is -2.14. The molecule has 47 heavy (non-hydrogen) atoms. The van der Waals surface area contributed by atoms with E-state index in [1.165, 1.54) is 22.3 Å². The second-order valence-electron chi connectivity index (χ2n) is 12.4. The van der Waals surface area contributed by atoms with Crippen molar-refractivity contribution in [2.24, 2.45) is 0 Å². The molecule has 1 aliphatic rings. The Labute approximate surface area is 274 Å². The zero-order chi connectivity index (χ0) is 32.0. The van der Waals surface area contributed by atoms with Crippen LogP contribution in [0.1, 0.15) is 25.0 Å². The summed E-state index contributed by atoms with van der Waals surface area (Å²) in [6, 6.07) is 50.0. The zero-order valence-corrected chi connectivity index (χ0v) is 26.1. The van der Waals surface area contributed by atoms with Gasteiger partial charge in [-0.3, -0.25) is 0 Å². The Hall–Kier alpha value is -6.18. The van der Waals surface area contributed by atoms with Crippen LogP contribution in [0.3, 0.4) is 0 Å². The van der Waals surface area contributed by atoms with Gasteiger partial charge in [-0.25, -0.2) is 19.8 Å². The van der Waals surface area contributed by atoms with Crippen molar-refractivity contribution in [3.8, 4) is 67.5 Å². The number of hydrogen-bond donors (Lipinski definition) is 0. The Morgan fingerprint density at radius 3 is 1.70 bits per heavy atom. The predicted molar refractivity (Wildman–Crippen MR) is 191 cm³/mol. The molecule has 222 valence electrons. The lowest BCUT2D eigenvalue weighted by molar-refractivity contribution is 0.660. The average Bonchev–Trinajstić information content (AvgIpc) is 3.37. The second-order valence-corrected chi connectivity index (χ2v) is 12.4. The first-order valence-corrected chi connectivity index (χ1v) is 15.7. The van der Waals surface area contributed by atoms with Crippen LogP contribution < -0.4 is 0 Å². The molecule has 6 aromatic carbocycles. The highest BCUT2D eigenvalue weighted by Gasteiger charge is 2.35. The van der Waals surface area contributed by atoms with E-state index < -0.39 is 0 Å². The molecule has 0 saturated carbocycles. The van der Waals surface area contributed by atoms with Crippen molar-refractivity contribution in [2.75, 3.05) is 0 Å². The molecule has 1 heterocycles. The summed E-state index contributed by atoms with van der Waals surface area (Å²) in [5.74, 6) is 1.69. The molecule has 1 aliphatic carbocycles. The number of rotatable bonds is 5. The maximum absolute atomic E-state index is 7.55. The maximum Gasteiger partial charge on any atom is 0.187 e. The van der Waals surface area contributed by atoms with Gasteiger partial charge >= 0.3 is 0 Å². The van der Waals surface area contributed by atoms with Crippen LogP contribution in [0.2, 0.25) is 0 Å². The molecule has 0 atom stereocenters. The third-order valence-corrected chi connectivity index (χ3v) is 9.12. The van der Waals surface area contributed by atoms with E-state index in [0.717, 1.165) is 38.9 Å². The van der Waals surface area contributed by atoms with E-state index >= 15 is 0 Å². The summed E-state index contributed by atoms with van der Waals surface area (Å²) in [6.45, 7) is 12.2. The van der Waals surface area contributed by atoms with Gasteiger partial charge in [-0.1, -0.05) is 129 Å². The van der Waals surface area contributed by atoms with Crippen molar-refractivity contribution in [3.05, 3.63) is 168 Å². The zero-order valence-electron chi connectivity index (χ0n) is 26.1. The summed E-state index contributed by atoms with van der Waals surface area (Å²) in [5.41, 5.74) is 12.7. The van der Waals surface area contributed by atoms with Crippen LogP contribution in [0.15, 0.2) is 146 Å². The fourth-order valence-electron chi connectivity index (χ4n) is 6.67. The smallest absolute Gasteiger partial charge is 0.187 e. The first-order valence-electron chi connectivity index (χ1n) is 15.7. The summed E-state index contributed by atoms with van der Waals surface area (Å²) < 4.78 is 0. The molecule has 0 saturated heterocycles. The highest BCUT2D eigenvalue weighted by atomic mass is 15.0. The SMILES string of the molecule is [C-]#[N+]c1cccc(-c2nc(-c3ccccc3)nc(-c3cc(-c4ccccc4)cc(-c4ccc5c(c4)C(C)(C)c4ccccc4-5)c3)n2)c1. The Bertz CT molecular complexity index is 2330. The van der Waals surface area contributed by atoms with E-state index in [9.17, 15) is 0 Å². The van der Waals surface area contributed by atoms with Gasteiger partial charge < -0.3 is 0 Å². The van der Waals surface area contributed by atoms with E-state index in [1.54, 1.807) is 6.07 Å². The molecule has 0 aliphatic heterocycles. The minimum atomic E-state index is -0.102. The third-order valence-electron chi connectivity index (χ3n) is 9.12. The van der Waals surface area contributed by atoms with Crippen LogP contribution in [-0.2, 0) is 5.41 Å². The third kappa shape index (κ3) is 5.09. The van der Waals surface area contributed by atoms with Crippen molar-refractivity contribution in [3.63, 3.8) is 0 Å². The first kappa shape index (κ1) is 28.3. The van der Waals surface area contributed by atoms with Gasteiger partial charge in [-0.05, 0) is 74.8 Å². The van der Waals surface area contributed by atoms with Gasteiger partial charge in [0.2, 0.25) is 0 Å². The summed E-state index contributed by atoms with van der Waals surface area (Å²) in [4.78, 5) is 18.6. The van der Waals surface area contributed by atoms with Gasteiger partial charge in [-0.15, -0.1) is 0 Å².